The number of hydrogen-bond donors (Lipinski definition) is 0. The molecule has 0 N–H and O–H groups in total. The maximum Gasteiger partial charge on any atom is 0.350 e. The number of carbonyl (C=O) groups excluding carboxylic acids is 2. The second-order valence-electron chi connectivity index (χ2n) is 7.60. The molecule has 4 aromatic rings. The fourth-order valence-corrected chi connectivity index (χ4v) is 5.32. The molecular weight excluding hydrogens is 520 g/mol. The van der Waals surface area contributed by atoms with Gasteiger partial charge in [0, 0.05) is 4.47 Å². The van der Waals surface area contributed by atoms with Crippen LogP contribution in [0, 0.1) is 6.92 Å². The van der Waals surface area contributed by atoms with Gasteiger partial charge in [0.15, 0.2) is 10.6 Å². The zero-order chi connectivity index (χ0) is 24.0. The lowest BCUT2D eigenvalue weighted by Gasteiger charge is -2.22. The van der Waals surface area contributed by atoms with Crippen LogP contribution in [-0.2, 0) is 4.74 Å². The topological polar surface area (TPSA) is 89.7 Å². The van der Waals surface area contributed by atoms with Crippen molar-refractivity contribution < 1.29 is 18.7 Å². The molecule has 1 amide bonds. The first-order valence-corrected chi connectivity index (χ1v) is 11.9. The minimum atomic E-state index is -0.758. The number of rotatable bonds is 5. The highest BCUT2D eigenvalue weighted by molar-refractivity contribution is 9.10. The number of fused-ring (bicyclic) bond motifs is 2. The van der Waals surface area contributed by atoms with E-state index in [-0.39, 0.29) is 33.4 Å². The first-order chi connectivity index (χ1) is 16.4. The van der Waals surface area contributed by atoms with E-state index in [9.17, 15) is 14.4 Å². The number of hydrogen-bond acceptors (Lipinski definition) is 7. The Balaban J connectivity index is 1.71. The number of halogens is 1. The van der Waals surface area contributed by atoms with Crippen molar-refractivity contribution in [2.45, 2.75) is 13.0 Å². The lowest BCUT2D eigenvalue weighted by Crippen LogP contribution is -2.29. The van der Waals surface area contributed by atoms with Crippen LogP contribution in [0.15, 0.2) is 74.9 Å². The van der Waals surface area contributed by atoms with Crippen LogP contribution in [-0.4, -0.2) is 23.5 Å². The van der Waals surface area contributed by atoms with Gasteiger partial charge in [-0.3, -0.25) is 14.5 Å². The maximum atomic E-state index is 13.6. The Morgan fingerprint density at radius 1 is 1.26 bits per heavy atom. The van der Waals surface area contributed by atoms with Gasteiger partial charge in [0.05, 0.1) is 22.7 Å². The summed E-state index contributed by atoms with van der Waals surface area (Å²) < 4.78 is 11.8. The summed E-state index contributed by atoms with van der Waals surface area (Å²) in [6.45, 7) is 5.28. The fourth-order valence-electron chi connectivity index (χ4n) is 3.97. The molecule has 5 rings (SSSR count). The third-order valence-electron chi connectivity index (χ3n) is 5.46. The van der Waals surface area contributed by atoms with Crippen molar-refractivity contribution in [2.24, 2.45) is 0 Å². The van der Waals surface area contributed by atoms with E-state index >= 15 is 0 Å². The lowest BCUT2D eigenvalue weighted by molar-refractivity contribution is 0.0554. The van der Waals surface area contributed by atoms with Crippen LogP contribution >= 0.6 is 27.3 Å². The van der Waals surface area contributed by atoms with Crippen molar-refractivity contribution in [3.05, 3.63) is 103 Å². The molecule has 9 heteroatoms. The van der Waals surface area contributed by atoms with Crippen LogP contribution in [0.5, 0.6) is 0 Å². The Morgan fingerprint density at radius 3 is 2.76 bits per heavy atom. The van der Waals surface area contributed by atoms with Crippen molar-refractivity contribution in [1.29, 1.82) is 0 Å². The quantitative estimate of drug-likeness (QED) is 0.250. The summed E-state index contributed by atoms with van der Waals surface area (Å²) in [5.74, 6) is -1.07. The van der Waals surface area contributed by atoms with Gasteiger partial charge in [-0.05, 0) is 30.7 Å². The van der Waals surface area contributed by atoms with Gasteiger partial charge in [0.1, 0.15) is 17.1 Å². The van der Waals surface area contributed by atoms with Crippen molar-refractivity contribution in [3.63, 3.8) is 0 Å². The molecule has 0 fully saturated rings. The average molecular weight is 537 g/mol. The lowest BCUT2D eigenvalue weighted by atomic mass is 9.99. The van der Waals surface area contributed by atoms with E-state index in [0.717, 1.165) is 21.4 Å². The van der Waals surface area contributed by atoms with Gasteiger partial charge in [-0.1, -0.05) is 70.3 Å². The average Bonchev–Trinajstić information content (AvgIpc) is 3.36. The number of amides is 1. The molecule has 1 unspecified atom stereocenters. The molecule has 2 aromatic heterocycles. The number of aromatic nitrogens is 1. The maximum absolute atomic E-state index is 13.6. The van der Waals surface area contributed by atoms with E-state index in [1.807, 2.05) is 30.3 Å². The van der Waals surface area contributed by atoms with Crippen LogP contribution in [0.25, 0.3) is 11.0 Å². The molecule has 1 aliphatic rings. The van der Waals surface area contributed by atoms with Crippen molar-refractivity contribution >= 4 is 55.2 Å². The number of carbonyl (C=O) groups is 2. The molecule has 0 aliphatic carbocycles. The van der Waals surface area contributed by atoms with Crippen molar-refractivity contribution in [2.75, 3.05) is 11.5 Å². The molecule has 7 nitrogen and oxygen atoms in total. The number of benzene rings is 2. The van der Waals surface area contributed by atoms with E-state index in [4.69, 9.17) is 9.15 Å². The summed E-state index contributed by atoms with van der Waals surface area (Å²) in [7, 11) is 0. The van der Waals surface area contributed by atoms with Crippen LogP contribution in [0.4, 0.5) is 5.13 Å². The van der Waals surface area contributed by atoms with Crippen LogP contribution in [0.1, 0.15) is 43.1 Å². The third kappa shape index (κ3) is 3.57. The normalized spacial score (nSPS) is 14.9. The SMILES string of the molecule is C=CCOC(=O)c1sc(N2C(=O)c3oc4ccc(Br)cc4c(=O)c3C2c2ccccc2)nc1C. The fraction of sp³-hybridized carbons (Fsp3) is 0.120. The minimum Gasteiger partial charge on any atom is -0.457 e. The van der Waals surface area contributed by atoms with Gasteiger partial charge in [-0.2, -0.15) is 0 Å². The molecule has 0 radical (unpaired) electrons. The second kappa shape index (κ2) is 8.66. The Labute approximate surface area is 206 Å². The number of nitrogens with zero attached hydrogens (tertiary/aromatic N) is 2. The predicted octanol–water partition coefficient (Wildman–Crippen LogP) is 5.41. The van der Waals surface area contributed by atoms with Crippen molar-refractivity contribution in [1.82, 2.24) is 4.98 Å². The number of esters is 1. The Hall–Kier alpha value is -3.56. The molecule has 0 saturated carbocycles. The largest absolute Gasteiger partial charge is 0.457 e. The first-order valence-electron chi connectivity index (χ1n) is 10.3. The van der Waals surface area contributed by atoms with E-state index < -0.39 is 17.9 Å². The highest BCUT2D eigenvalue weighted by Gasteiger charge is 2.45. The zero-order valence-electron chi connectivity index (χ0n) is 17.9. The summed E-state index contributed by atoms with van der Waals surface area (Å²) in [6, 6.07) is 13.5. The number of ether oxygens (including phenoxy) is 1. The first kappa shape index (κ1) is 22.2. The van der Waals surface area contributed by atoms with Gasteiger partial charge in [0.2, 0.25) is 5.76 Å². The highest BCUT2D eigenvalue weighted by Crippen LogP contribution is 2.43. The summed E-state index contributed by atoms with van der Waals surface area (Å²) in [5, 5.41) is 0.644. The molecule has 170 valence electrons. The third-order valence-corrected chi connectivity index (χ3v) is 7.09. The van der Waals surface area contributed by atoms with Crippen molar-refractivity contribution in [3.8, 4) is 0 Å². The van der Waals surface area contributed by atoms with Crippen LogP contribution in [0.3, 0.4) is 0 Å². The van der Waals surface area contributed by atoms with E-state index in [0.29, 0.717) is 16.7 Å². The van der Waals surface area contributed by atoms with Gasteiger partial charge in [-0.25, -0.2) is 9.78 Å². The van der Waals surface area contributed by atoms with Gasteiger partial charge in [0.25, 0.3) is 5.91 Å². The molecule has 34 heavy (non-hydrogen) atoms. The number of anilines is 1. The smallest absolute Gasteiger partial charge is 0.350 e. The van der Waals surface area contributed by atoms with E-state index in [1.54, 1.807) is 25.1 Å². The molecule has 2 aromatic carbocycles. The molecule has 0 spiro atoms. The molecule has 3 heterocycles. The Bertz CT molecular complexity index is 1530. The predicted molar refractivity (Wildman–Crippen MR) is 133 cm³/mol. The number of thiazole rings is 1. The number of aryl methyl sites for hydroxylation is 1. The van der Waals surface area contributed by atoms with E-state index in [2.05, 4.69) is 27.5 Å². The summed E-state index contributed by atoms with van der Waals surface area (Å²) in [6.07, 6.45) is 1.47. The van der Waals surface area contributed by atoms with Crippen LogP contribution in [0.2, 0.25) is 0 Å². The minimum absolute atomic E-state index is 0.0303. The summed E-state index contributed by atoms with van der Waals surface area (Å²) in [4.78, 5) is 45.9. The molecule has 0 saturated heterocycles. The summed E-state index contributed by atoms with van der Waals surface area (Å²) >= 11 is 4.43. The molecule has 1 atom stereocenters. The Kier molecular flexibility index (Phi) is 5.66. The van der Waals surface area contributed by atoms with Gasteiger partial charge < -0.3 is 9.15 Å². The monoisotopic (exact) mass is 536 g/mol. The molecular formula is C25H17BrN2O5S. The Morgan fingerprint density at radius 2 is 2.03 bits per heavy atom. The van der Waals surface area contributed by atoms with E-state index in [1.165, 1.54) is 11.0 Å². The standard InChI is InChI=1S/C25H17BrN2O5S/c1-3-11-32-24(31)22-13(2)27-25(34-22)28-19(14-7-5-4-6-8-14)18-20(29)16-12-15(26)9-10-17(16)33-21(18)23(28)30/h3-10,12,19H,1,11H2,2H3. The highest BCUT2D eigenvalue weighted by atomic mass is 79.9. The summed E-state index contributed by atoms with van der Waals surface area (Å²) in [5.41, 5.74) is 1.42. The zero-order valence-corrected chi connectivity index (χ0v) is 20.3. The molecule has 1 aliphatic heterocycles. The van der Waals surface area contributed by atoms with Gasteiger partial charge in [-0.15, -0.1) is 0 Å². The van der Waals surface area contributed by atoms with Gasteiger partial charge >= 0.3 is 5.97 Å². The van der Waals surface area contributed by atoms with Crippen LogP contribution < -0.4 is 10.3 Å². The second-order valence-corrected chi connectivity index (χ2v) is 9.49. The molecule has 0 bridgehead atoms.